The third-order valence-corrected chi connectivity index (χ3v) is 5.93. The molecule has 0 aliphatic heterocycles. The highest BCUT2D eigenvalue weighted by Crippen LogP contribution is 2.24. The zero-order valence-electron chi connectivity index (χ0n) is 20.0. The molecule has 0 saturated carbocycles. The SMILES string of the molecule is CCCCCCc1nn(CCC(C)C)c(=O)n1Cc1ccc(-c2ccccc2C(=O)O)cc1. The first-order valence-corrected chi connectivity index (χ1v) is 12.0. The summed E-state index contributed by atoms with van der Waals surface area (Å²) in [6, 6.07) is 14.8. The maximum Gasteiger partial charge on any atom is 0.346 e. The van der Waals surface area contributed by atoms with Crippen LogP contribution in [0.5, 0.6) is 0 Å². The second-order valence-corrected chi connectivity index (χ2v) is 9.05. The molecule has 0 aliphatic rings. The van der Waals surface area contributed by atoms with Gasteiger partial charge >= 0.3 is 11.7 Å². The van der Waals surface area contributed by atoms with Gasteiger partial charge in [-0.2, -0.15) is 5.10 Å². The fourth-order valence-corrected chi connectivity index (χ4v) is 3.96. The van der Waals surface area contributed by atoms with Gasteiger partial charge in [-0.05, 0) is 41.5 Å². The Morgan fingerprint density at radius 3 is 2.42 bits per heavy atom. The highest BCUT2D eigenvalue weighted by atomic mass is 16.4. The van der Waals surface area contributed by atoms with Crippen LogP contribution in [-0.2, 0) is 19.5 Å². The number of nitrogens with zero attached hydrogens (tertiary/aromatic N) is 3. The summed E-state index contributed by atoms with van der Waals surface area (Å²) in [4.78, 5) is 24.7. The van der Waals surface area contributed by atoms with E-state index in [1.807, 2.05) is 36.4 Å². The maximum atomic E-state index is 13.1. The van der Waals surface area contributed by atoms with Crippen molar-refractivity contribution in [3.63, 3.8) is 0 Å². The molecule has 0 aliphatic carbocycles. The molecule has 33 heavy (non-hydrogen) atoms. The van der Waals surface area contributed by atoms with Crippen LogP contribution in [0.1, 0.15) is 74.6 Å². The van der Waals surface area contributed by atoms with Crippen LogP contribution in [0.15, 0.2) is 53.3 Å². The molecule has 3 aromatic rings. The normalized spacial score (nSPS) is 11.3. The van der Waals surface area contributed by atoms with E-state index >= 15 is 0 Å². The van der Waals surface area contributed by atoms with Gasteiger partial charge in [-0.1, -0.05) is 82.5 Å². The van der Waals surface area contributed by atoms with Crippen molar-refractivity contribution in [1.82, 2.24) is 14.3 Å². The summed E-state index contributed by atoms with van der Waals surface area (Å²) in [5.74, 6) is 0.416. The number of carboxylic acids is 1. The summed E-state index contributed by atoms with van der Waals surface area (Å²) in [5.41, 5.74) is 2.75. The van der Waals surface area contributed by atoms with Gasteiger partial charge < -0.3 is 5.11 Å². The zero-order chi connectivity index (χ0) is 23.8. The first-order valence-electron chi connectivity index (χ1n) is 12.0. The van der Waals surface area contributed by atoms with Crippen LogP contribution in [0.2, 0.25) is 0 Å². The van der Waals surface area contributed by atoms with Gasteiger partial charge in [0.2, 0.25) is 0 Å². The van der Waals surface area contributed by atoms with E-state index in [9.17, 15) is 14.7 Å². The summed E-state index contributed by atoms with van der Waals surface area (Å²) < 4.78 is 3.42. The number of hydrogen-bond donors (Lipinski definition) is 1. The lowest BCUT2D eigenvalue weighted by Crippen LogP contribution is -2.26. The molecular formula is C27H35N3O3. The van der Waals surface area contributed by atoms with Crippen molar-refractivity contribution < 1.29 is 9.90 Å². The molecule has 0 fully saturated rings. The molecule has 6 heteroatoms. The molecule has 0 atom stereocenters. The largest absolute Gasteiger partial charge is 0.478 e. The molecule has 0 saturated heterocycles. The molecule has 176 valence electrons. The maximum absolute atomic E-state index is 13.1. The van der Waals surface area contributed by atoms with E-state index in [4.69, 9.17) is 0 Å². The van der Waals surface area contributed by atoms with E-state index in [1.54, 1.807) is 21.4 Å². The van der Waals surface area contributed by atoms with Gasteiger partial charge in [0.1, 0.15) is 5.82 Å². The Hall–Kier alpha value is -3.15. The van der Waals surface area contributed by atoms with E-state index in [2.05, 4.69) is 25.9 Å². The molecule has 1 aromatic heterocycles. The number of carboxylic acid groups (broad SMARTS) is 1. The van der Waals surface area contributed by atoms with Crippen LogP contribution in [0, 0.1) is 5.92 Å². The molecule has 2 aromatic carbocycles. The molecule has 0 spiro atoms. The first kappa shape index (κ1) is 24.5. The lowest BCUT2D eigenvalue weighted by atomic mass is 9.99. The smallest absolute Gasteiger partial charge is 0.346 e. The molecule has 6 nitrogen and oxygen atoms in total. The van der Waals surface area contributed by atoms with E-state index in [1.165, 1.54) is 12.8 Å². The minimum atomic E-state index is -0.942. The van der Waals surface area contributed by atoms with Crippen LogP contribution in [0.25, 0.3) is 11.1 Å². The Morgan fingerprint density at radius 1 is 1.03 bits per heavy atom. The van der Waals surface area contributed by atoms with Gasteiger partial charge in [0.05, 0.1) is 12.1 Å². The van der Waals surface area contributed by atoms with Gasteiger partial charge in [0.15, 0.2) is 0 Å². The van der Waals surface area contributed by atoms with Crippen molar-refractivity contribution in [3.05, 3.63) is 76.0 Å². The van der Waals surface area contributed by atoms with Crippen molar-refractivity contribution >= 4 is 5.97 Å². The Morgan fingerprint density at radius 2 is 1.76 bits per heavy atom. The highest BCUT2D eigenvalue weighted by molar-refractivity contribution is 5.95. The fraction of sp³-hybridized carbons (Fsp3) is 0.444. The number of aryl methyl sites for hydroxylation is 2. The van der Waals surface area contributed by atoms with Crippen molar-refractivity contribution in [2.45, 2.75) is 72.4 Å². The average Bonchev–Trinajstić information content (AvgIpc) is 3.10. The summed E-state index contributed by atoms with van der Waals surface area (Å²) in [6.45, 7) is 7.59. The van der Waals surface area contributed by atoms with E-state index < -0.39 is 5.97 Å². The van der Waals surface area contributed by atoms with Gasteiger partial charge in [-0.15, -0.1) is 0 Å². The Labute approximate surface area is 195 Å². The summed E-state index contributed by atoms with van der Waals surface area (Å²) >= 11 is 0. The number of benzene rings is 2. The van der Waals surface area contributed by atoms with Crippen molar-refractivity contribution in [1.29, 1.82) is 0 Å². The van der Waals surface area contributed by atoms with Gasteiger partial charge in [-0.3, -0.25) is 4.57 Å². The number of hydrogen-bond acceptors (Lipinski definition) is 3. The first-order chi connectivity index (χ1) is 15.9. The average molecular weight is 450 g/mol. The van der Waals surface area contributed by atoms with Crippen molar-refractivity contribution in [3.8, 4) is 11.1 Å². The van der Waals surface area contributed by atoms with Gasteiger partial charge in [0, 0.05) is 13.0 Å². The number of aromatic nitrogens is 3. The number of rotatable bonds is 12. The quantitative estimate of drug-likeness (QED) is 0.364. The number of carbonyl (C=O) groups is 1. The molecule has 0 amide bonds. The van der Waals surface area contributed by atoms with Crippen LogP contribution in [0.3, 0.4) is 0 Å². The van der Waals surface area contributed by atoms with Crippen LogP contribution >= 0.6 is 0 Å². The van der Waals surface area contributed by atoms with Gasteiger partial charge in [0.25, 0.3) is 0 Å². The monoisotopic (exact) mass is 449 g/mol. The number of unbranched alkanes of at least 4 members (excludes halogenated alkanes) is 3. The molecule has 1 N–H and O–H groups in total. The highest BCUT2D eigenvalue weighted by Gasteiger charge is 2.15. The second kappa shape index (κ2) is 11.6. The minimum Gasteiger partial charge on any atom is -0.478 e. The molecular weight excluding hydrogens is 414 g/mol. The lowest BCUT2D eigenvalue weighted by molar-refractivity contribution is 0.0697. The fourth-order valence-electron chi connectivity index (χ4n) is 3.96. The van der Waals surface area contributed by atoms with Crippen molar-refractivity contribution in [2.75, 3.05) is 0 Å². The molecule has 0 radical (unpaired) electrons. The Balaban J connectivity index is 1.84. The Bertz CT molecular complexity index is 1110. The van der Waals surface area contributed by atoms with Crippen molar-refractivity contribution in [2.24, 2.45) is 5.92 Å². The molecule has 1 heterocycles. The van der Waals surface area contributed by atoms with E-state index in [-0.39, 0.29) is 11.3 Å². The summed E-state index contributed by atoms with van der Waals surface area (Å²) in [7, 11) is 0. The summed E-state index contributed by atoms with van der Waals surface area (Å²) in [5, 5.41) is 14.1. The van der Waals surface area contributed by atoms with Crippen LogP contribution in [-0.4, -0.2) is 25.4 Å². The number of aromatic carboxylic acids is 1. The summed E-state index contributed by atoms with van der Waals surface area (Å²) in [6.07, 6.45) is 6.25. The topological polar surface area (TPSA) is 77.1 Å². The lowest BCUT2D eigenvalue weighted by Gasteiger charge is -2.09. The van der Waals surface area contributed by atoms with Crippen LogP contribution < -0.4 is 5.69 Å². The van der Waals surface area contributed by atoms with E-state index in [0.29, 0.717) is 24.6 Å². The predicted molar refractivity (Wildman–Crippen MR) is 132 cm³/mol. The predicted octanol–water partition coefficient (Wildman–Crippen LogP) is 5.63. The van der Waals surface area contributed by atoms with E-state index in [0.717, 1.165) is 42.6 Å². The minimum absolute atomic E-state index is 0.0542. The molecule has 3 rings (SSSR count). The van der Waals surface area contributed by atoms with Gasteiger partial charge in [-0.25, -0.2) is 14.3 Å². The third-order valence-electron chi connectivity index (χ3n) is 5.93. The zero-order valence-corrected chi connectivity index (χ0v) is 20.0. The molecule has 0 bridgehead atoms. The molecule has 0 unspecified atom stereocenters. The van der Waals surface area contributed by atoms with Crippen LogP contribution in [0.4, 0.5) is 0 Å². The third kappa shape index (κ3) is 6.44. The Kier molecular flexibility index (Phi) is 8.64. The second-order valence-electron chi connectivity index (χ2n) is 9.05. The standard InChI is InChI=1S/C27H35N3O3/c1-4-5-6-7-12-25-28-30(18-17-20(2)3)27(33)29(25)19-21-13-15-22(16-14-21)23-10-8-9-11-24(23)26(31)32/h8-11,13-16,20H,4-7,12,17-19H2,1-3H3,(H,31,32).